The molecule has 1 rings (SSSR count). The number of hydrogen-bond acceptors (Lipinski definition) is 5. The van der Waals surface area contributed by atoms with Crippen LogP contribution in [-0.2, 0) is 4.74 Å². The molecule has 60 valence electrons. The fourth-order valence-corrected chi connectivity index (χ4v) is 0.791. The van der Waals surface area contributed by atoms with Gasteiger partial charge in [0.05, 0.1) is 6.61 Å². The zero-order chi connectivity index (χ0) is 7.72. The average Bonchev–Trinajstić information content (AvgIpc) is 1.93. The number of ether oxygens (including phenoxy) is 1. The van der Waals surface area contributed by atoms with Gasteiger partial charge in [-0.05, 0) is 0 Å². The van der Waals surface area contributed by atoms with Crippen molar-refractivity contribution < 1.29 is 25.2 Å². The van der Waals surface area contributed by atoms with Crippen molar-refractivity contribution in [1.82, 2.24) is 0 Å². The third-order valence-corrected chi connectivity index (χ3v) is 1.47. The van der Waals surface area contributed by atoms with Crippen LogP contribution < -0.4 is 0 Å². The van der Waals surface area contributed by atoms with Crippen molar-refractivity contribution in [3.05, 3.63) is 0 Å². The van der Waals surface area contributed by atoms with E-state index >= 15 is 0 Å². The molecule has 5 nitrogen and oxygen atoms in total. The van der Waals surface area contributed by atoms with Gasteiger partial charge in [-0.3, -0.25) is 0 Å². The average molecular weight is 151 g/mol. The molecule has 1 fully saturated rings. The molecule has 0 bridgehead atoms. The predicted molar refractivity (Wildman–Crippen MR) is 30.0 cm³/mol. The van der Waals surface area contributed by atoms with E-state index < -0.39 is 24.6 Å². The van der Waals surface area contributed by atoms with Crippen molar-refractivity contribution in [2.45, 2.75) is 24.6 Å². The summed E-state index contributed by atoms with van der Waals surface area (Å²) in [7, 11) is 0. The maximum Gasteiger partial charge on any atom is 0.183 e. The molecule has 5 heteroatoms. The minimum absolute atomic E-state index is 0.153. The van der Waals surface area contributed by atoms with Gasteiger partial charge in [0.15, 0.2) is 6.29 Å². The highest BCUT2D eigenvalue weighted by molar-refractivity contribution is 4.81. The van der Waals surface area contributed by atoms with Gasteiger partial charge in [0.25, 0.3) is 0 Å². The number of aliphatic hydroxyl groups excluding tert-OH is 4. The minimum atomic E-state index is -1.41. The maximum atomic E-state index is 8.88. The molecule has 4 atom stereocenters. The smallest absolute Gasteiger partial charge is 0.183 e. The predicted octanol–water partition coefficient (Wildman–Crippen LogP) is -2.58. The molecule has 1 saturated heterocycles. The van der Waals surface area contributed by atoms with Crippen LogP contribution in [0.1, 0.15) is 0 Å². The Morgan fingerprint density at radius 2 is 1.60 bits per heavy atom. The van der Waals surface area contributed by atoms with Crippen LogP contribution in [0.2, 0.25) is 0 Å². The fraction of sp³-hybridized carbons (Fsp3) is 1.00. The Balaban J connectivity index is 2.52. The Morgan fingerprint density at radius 1 is 1.00 bits per heavy atom. The second-order valence-electron chi connectivity index (χ2n) is 2.27. The van der Waals surface area contributed by atoms with Crippen molar-refractivity contribution >= 4 is 0 Å². The van der Waals surface area contributed by atoms with E-state index in [0.717, 1.165) is 0 Å². The van der Waals surface area contributed by atoms with Gasteiger partial charge >= 0.3 is 0 Å². The first kappa shape index (κ1) is 7.90. The molecule has 10 heavy (non-hydrogen) atoms. The summed E-state index contributed by atoms with van der Waals surface area (Å²) in [5.41, 5.74) is 0. The molecule has 0 aromatic carbocycles. The Kier molecular flexibility index (Phi) is 2.22. The molecule has 0 aromatic heterocycles. The van der Waals surface area contributed by atoms with E-state index in [-0.39, 0.29) is 6.61 Å². The lowest BCUT2D eigenvalue weighted by Crippen LogP contribution is -2.52. The lowest BCUT2D eigenvalue weighted by molar-refractivity contribution is -0.252. The largest absolute Gasteiger partial charge is 0.388 e. The Hall–Kier alpha value is -0.200. The molecule has 0 amide bonds. The third kappa shape index (κ3) is 1.28. The van der Waals surface area contributed by atoms with Gasteiger partial charge in [-0.2, -0.15) is 0 Å². The van der Waals surface area contributed by atoms with Crippen LogP contribution in [0.3, 0.4) is 0 Å². The normalized spacial score (nSPS) is 49.2. The van der Waals surface area contributed by atoms with Crippen LogP contribution in [0.4, 0.5) is 0 Å². The van der Waals surface area contributed by atoms with Gasteiger partial charge in [0.1, 0.15) is 18.3 Å². The van der Waals surface area contributed by atoms with E-state index in [0.29, 0.717) is 0 Å². The lowest BCUT2D eigenvalue weighted by atomic mass is 10.2. The van der Waals surface area contributed by atoms with Gasteiger partial charge in [0, 0.05) is 0 Å². The SMILES string of the molecule is OC1OC[C@H](O)[C@H](O)[13C@H]1O. The third-order valence-electron chi connectivity index (χ3n) is 1.47. The summed E-state index contributed by atoms with van der Waals surface area (Å²) in [6, 6.07) is 0. The second kappa shape index (κ2) is 2.81. The van der Waals surface area contributed by atoms with Crippen LogP contribution in [0.15, 0.2) is 0 Å². The summed E-state index contributed by atoms with van der Waals surface area (Å²) >= 11 is 0. The summed E-state index contributed by atoms with van der Waals surface area (Å²) in [6.07, 6.45) is -5.23. The molecule has 0 saturated carbocycles. The molecule has 0 aliphatic carbocycles. The summed E-state index contributed by atoms with van der Waals surface area (Å²) in [6.45, 7) is -0.153. The highest BCUT2D eigenvalue weighted by atomic mass is 16.6. The van der Waals surface area contributed by atoms with Crippen LogP contribution in [0.25, 0.3) is 0 Å². The van der Waals surface area contributed by atoms with E-state index in [1.165, 1.54) is 0 Å². The van der Waals surface area contributed by atoms with Gasteiger partial charge in [-0.1, -0.05) is 0 Å². The summed E-state index contributed by atoms with van der Waals surface area (Å²) in [5, 5.41) is 35.3. The highest BCUT2D eigenvalue weighted by Crippen LogP contribution is 2.12. The van der Waals surface area contributed by atoms with Crippen molar-refractivity contribution in [1.29, 1.82) is 0 Å². The van der Waals surface area contributed by atoms with Crippen LogP contribution in [0.5, 0.6) is 0 Å². The van der Waals surface area contributed by atoms with Gasteiger partial charge < -0.3 is 25.2 Å². The molecule has 0 aromatic rings. The number of rotatable bonds is 0. The van der Waals surface area contributed by atoms with Gasteiger partial charge in [-0.25, -0.2) is 0 Å². The Labute approximate surface area is 57.5 Å². The number of aliphatic hydroxyl groups is 4. The van der Waals surface area contributed by atoms with Crippen molar-refractivity contribution in [2.24, 2.45) is 0 Å². The molecule has 1 aliphatic rings. The Morgan fingerprint density at radius 3 is 2.10 bits per heavy atom. The van der Waals surface area contributed by atoms with E-state index in [1.807, 2.05) is 0 Å². The molecule has 0 radical (unpaired) electrons. The summed E-state index contributed by atoms with van der Waals surface area (Å²) in [5.74, 6) is 0. The van der Waals surface area contributed by atoms with Crippen LogP contribution >= 0.6 is 0 Å². The molecule has 1 aliphatic heterocycles. The zero-order valence-electron chi connectivity index (χ0n) is 5.21. The fourth-order valence-electron chi connectivity index (χ4n) is 0.791. The van der Waals surface area contributed by atoms with Gasteiger partial charge in [0.2, 0.25) is 0 Å². The summed E-state index contributed by atoms with van der Waals surface area (Å²) < 4.78 is 4.47. The Bertz CT molecular complexity index is 103. The molecule has 0 spiro atoms. The lowest BCUT2D eigenvalue weighted by Gasteiger charge is -2.31. The standard InChI is InChI=1S/C5H10O5/c6-2-1-10-5(9)4(8)3(2)7/h2-9H,1H2/t2-,3-,4+,5?/m0/s1/i4+1. The van der Waals surface area contributed by atoms with Crippen molar-refractivity contribution in [3.8, 4) is 0 Å². The minimum Gasteiger partial charge on any atom is -0.388 e. The first-order valence-electron chi connectivity index (χ1n) is 2.97. The molecular weight excluding hydrogens is 141 g/mol. The zero-order valence-corrected chi connectivity index (χ0v) is 5.21. The van der Waals surface area contributed by atoms with Crippen LogP contribution in [0, 0.1) is 0 Å². The second-order valence-corrected chi connectivity index (χ2v) is 2.27. The first-order chi connectivity index (χ1) is 4.63. The monoisotopic (exact) mass is 151 g/mol. The molecule has 1 unspecified atom stereocenters. The molecule has 4 N–H and O–H groups in total. The molecular formula is C5H10O5. The topological polar surface area (TPSA) is 90.2 Å². The highest BCUT2D eigenvalue weighted by Gasteiger charge is 2.36. The summed E-state index contributed by atoms with van der Waals surface area (Å²) in [4.78, 5) is 0. The van der Waals surface area contributed by atoms with E-state index in [9.17, 15) is 0 Å². The number of hydrogen-bond donors (Lipinski definition) is 4. The van der Waals surface area contributed by atoms with E-state index in [4.69, 9.17) is 20.4 Å². The van der Waals surface area contributed by atoms with Crippen molar-refractivity contribution in [2.75, 3.05) is 6.61 Å². The van der Waals surface area contributed by atoms with Crippen LogP contribution in [-0.4, -0.2) is 51.6 Å². The molecule has 1 heterocycles. The van der Waals surface area contributed by atoms with E-state index in [2.05, 4.69) is 4.74 Å². The first-order valence-corrected chi connectivity index (χ1v) is 2.97. The van der Waals surface area contributed by atoms with Crippen molar-refractivity contribution in [3.63, 3.8) is 0 Å². The van der Waals surface area contributed by atoms with Gasteiger partial charge in [-0.15, -0.1) is 0 Å². The van der Waals surface area contributed by atoms with E-state index in [1.54, 1.807) is 0 Å². The maximum absolute atomic E-state index is 8.88. The quantitative estimate of drug-likeness (QED) is 0.285.